The molecule has 0 N–H and O–H groups in total. The molecule has 0 fully saturated rings. The Kier molecular flexibility index (Phi) is 2.26. The van der Waals surface area contributed by atoms with Gasteiger partial charge in [-0.3, -0.25) is 0 Å². The van der Waals surface area contributed by atoms with Gasteiger partial charge in [0.15, 0.2) is 0 Å². The predicted molar refractivity (Wildman–Crippen MR) is 37.3 cm³/mol. The minimum Gasteiger partial charge on any atom is -0.493 e. The molecular formula is C8H8FO. The van der Waals surface area contributed by atoms with Gasteiger partial charge in [-0.25, -0.2) is 4.39 Å². The molecule has 0 saturated heterocycles. The molecule has 0 atom stereocenters. The molecule has 53 valence electrons. The Bertz CT molecular complexity index is 210. The first-order chi connectivity index (χ1) is 4.83. The Morgan fingerprint density at radius 1 is 1.50 bits per heavy atom. The van der Waals surface area contributed by atoms with Gasteiger partial charge in [-0.1, -0.05) is 6.07 Å². The first kappa shape index (κ1) is 7.06. The van der Waals surface area contributed by atoms with E-state index >= 15 is 0 Å². The molecule has 10 heavy (non-hydrogen) atoms. The largest absolute Gasteiger partial charge is 0.493 e. The SMILES string of the molecule is [CH2]COc1cccc(F)c1. The predicted octanol–water partition coefficient (Wildman–Crippen LogP) is 2.04. The molecule has 0 amide bonds. The highest BCUT2D eigenvalue weighted by molar-refractivity contribution is 5.22. The first-order valence-corrected chi connectivity index (χ1v) is 3.00. The molecule has 1 aromatic carbocycles. The highest BCUT2D eigenvalue weighted by Crippen LogP contribution is 2.10. The van der Waals surface area contributed by atoms with E-state index in [1.54, 1.807) is 12.1 Å². The maximum absolute atomic E-state index is 12.4. The van der Waals surface area contributed by atoms with Gasteiger partial charge >= 0.3 is 0 Å². The van der Waals surface area contributed by atoms with Crippen LogP contribution in [-0.4, -0.2) is 6.61 Å². The zero-order chi connectivity index (χ0) is 7.40. The van der Waals surface area contributed by atoms with Gasteiger partial charge in [-0.15, -0.1) is 0 Å². The third kappa shape index (κ3) is 1.72. The summed E-state index contributed by atoms with van der Waals surface area (Å²) in [5.41, 5.74) is 0. The summed E-state index contributed by atoms with van der Waals surface area (Å²) in [5, 5.41) is 0. The van der Waals surface area contributed by atoms with E-state index < -0.39 is 0 Å². The third-order valence-corrected chi connectivity index (χ3v) is 1.06. The molecule has 1 aromatic rings. The fourth-order valence-corrected chi connectivity index (χ4v) is 0.675. The molecule has 1 nitrogen and oxygen atoms in total. The van der Waals surface area contributed by atoms with E-state index in [1.807, 2.05) is 0 Å². The van der Waals surface area contributed by atoms with Crippen molar-refractivity contribution in [1.29, 1.82) is 0 Å². The van der Waals surface area contributed by atoms with E-state index in [-0.39, 0.29) is 5.82 Å². The van der Waals surface area contributed by atoms with Crippen LogP contribution in [0.15, 0.2) is 24.3 Å². The van der Waals surface area contributed by atoms with Crippen molar-refractivity contribution in [3.63, 3.8) is 0 Å². The minimum atomic E-state index is -0.286. The monoisotopic (exact) mass is 139 g/mol. The molecule has 0 aliphatic heterocycles. The summed E-state index contributed by atoms with van der Waals surface area (Å²) in [4.78, 5) is 0. The van der Waals surface area contributed by atoms with Crippen LogP contribution in [-0.2, 0) is 0 Å². The molecule has 0 unspecified atom stereocenters. The molecule has 1 radical (unpaired) electrons. The van der Waals surface area contributed by atoms with Gasteiger partial charge in [-0.2, -0.15) is 0 Å². The van der Waals surface area contributed by atoms with Crippen LogP contribution in [0.4, 0.5) is 4.39 Å². The highest BCUT2D eigenvalue weighted by Gasteiger charge is 1.91. The maximum atomic E-state index is 12.4. The summed E-state index contributed by atoms with van der Waals surface area (Å²) in [6.45, 7) is 3.79. The van der Waals surface area contributed by atoms with Gasteiger partial charge in [0.05, 0.1) is 6.61 Å². The number of halogens is 1. The number of hydrogen-bond acceptors (Lipinski definition) is 1. The number of hydrogen-bond donors (Lipinski definition) is 0. The van der Waals surface area contributed by atoms with E-state index in [4.69, 9.17) is 4.74 Å². The molecule has 2 heteroatoms. The summed E-state index contributed by atoms with van der Waals surface area (Å²) in [7, 11) is 0. The average molecular weight is 139 g/mol. The van der Waals surface area contributed by atoms with E-state index in [1.165, 1.54) is 12.1 Å². The van der Waals surface area contributed by atoms with Crippen LogP contribution in [0.3, 0.4) is 0 Å². The van der Waals surface area contributed by atoms with E-state index in [9.17, 15) is 4.39 Å². The van der Waals surface area contributed by atoms with Crippen LogP contribution >= 0.6 is 0 Å². The Balaban J connectivity index is 2.75. The van der Waals surface area contributed by atoms with Crippen molar-refractivity contribution in [3.05, 3.63) is 37.0 Å². The van der Waals surface area contributed by atoms with E-state index in [0.29, 0.717) is 12.4 Å². The van der Waals surface area contributed by atoms with Crippen LogP contribution in [0.1, 0.15) is 0 Å². The molecule has 1 rings (SSSR count). The normalized spacial score (nSPS) is 9.40. The van der Waals surface area contributed by atoms with Crippen LogP contribution in [0.2, 0.25) is 0 Å². The summed E-state index contributed by atoms with van der Waals surface area (Å²) < 4.78 is 17.3. The van der Waals surface area contributed by atoms with Crippen molar-refractivity contribution in [2.45, 2.75) is 0 Å². The van der Waals surface area contributed by atoms with Crippen LogP contribution in [0.5, 0.6) is 5.75 Å². The highest BCUT2D eigenvalue weighted by atomic mass is 19.1. The van der Waals surface area contributed by atoms with Gasteiger partial charge in [0.1, 0.15) is 11.6 Å². The molecule has 0 heterocycles. The molecule has 0 spiro atoms. The lowest BCUT2D eigenvalue weighted by atomic mass is 10.3. The smallest absolute Gasteiger partial charge is 0.126 e. The minimum absolute atomic E-state index is 0.286. The Morgan fingerprint density at radius 3 is 2.90 bits per heavy atom. The molecule has 0 saturated carbocycles. The Hall–Kier alpha value is -1.05. The third-order valence-electron chi connectivity index (χ3n) is 1.06. The topological polar surface area (TPSA) is 9.23 Å². The van der Waals surface area contributed by atoms with Gasteiger partial charge in [0.25, 0.3) is 0 Å². The second kappa shape index (κ2) is 3.20. The number of rotatable bonds is 2. The summed E-state index contributed by atoms with van der Waals surface area (Å²) >= 11 is 0. The zero-order valence-corrected chi connectivity index (χ0v) is 5.51. The van der Waals surface area contributed by atoms with Crippen molar-refractivity contribution in [3.8, 4) is 5.75 Å². The fraction of sp³-hybridized carbons (Fsp3) is 0.125. The van der Waals surface area contributed by atoms with Crippen molar-refractivity contribution in [2.75, 3.05) is 6.61 Å². The van der Waals surface area contributed by atoms with Crippen molar-refractivity contribution >= 4 is 0 Å². The number of ether oxygens (including phenoxy) is 1. The molecule has 0 bridgehead atoms. The van der Waals surface area contributed by atoms with E-state index in [2.05, 4.69) is 6.92 Å². The van der Waals surface area contributed by atoms with Gasteiger partial charge < -0.3 is 4.74 Å². The summed E-state index contributed by atoms with van der Waals surface area (Å²) in [6.07, 6.45) is 0. The lowest BCUT2D eigenvalue weighted by Crippen LogP contribution is -1.91. The van der Waals surface area contributed by atoms with Crippen LogP contribution in [0, 0.1) is 12.7 Å². The van der Waals surface area contributed by atoms with Gasteiger partial charge in [0.2, 0.25) is 0 Å². The van der Waals surface area contributed by atoms with Gasteiger partial charge in [0, 0.05) is 6.07 Å². The zero-order valence-electron chi connectivity index (χ0n) is 5.51. The fourth-order valence-electron chi connectivity index (χ4n) is 0.675. The maximum Gasteiger partial charge on any atom is 0.126 e. The number of benzene rings is 1. The van der Waals surface area contributed by atoms with E-state index in [0.717, 1.165) is 0 Å². The summed E-state index contributed by atoms with van der Waals surface area (Å²) in [6, 6.07) is 5.98. The van der Waals surface area contributed by atoms with Crippen LogP contribution < -0.4 is 4.74 Å². The Labute approximate surface area is 59.4 Å². The van der Waals surface area contributed by atoms with Crippen molar-refractivity contribution < 1.29 is 9.13 Å². The van der Waals surface area contributed by atoms with Crippen molar-refractivity contribution in [1.82, 2.24) is 0 Å². The molecule has 0 aromatic heterocycles. The quantitative estimate of drug-likeness (QED) is 0.609. The lowest BCUT2D eigenvalue weighted by Gasteiger charge is -2.00. The Morgan fingerprint density at radius 2 is 2.30 bits per heavy atom. The average Bonchev–Trinajstić information content (AvgIpc) is 1.88. The van der Waals surface area contributed by atoms with Crippen LogP contribution in [0.25, 0.3) is 0 Å². The standard InChI is InChI=1S/C8H8FO/c1-2-10-8-5-3-4-7(9)6-8/h3-6H,1-2H2. The first-order valence-electron chi connectivity index (χ1n) is 3.00. The molecular weight excluding hydrogens is 131 g/mol. The summed E-state index contributed by atoms with van der Waals surface area (Å²) in [5.74, 6) is 0.237. The van der Waals surface area contributed by atoms with Crippen molar-refractivity contribution in [2.24, 2.45) is 0 Å². The molecule has 0 aliphatic carbocycles. The lowest BCUT2D eigenvalue weighted by molar-refractivity contribution is 0.359. The second-order valence-corrected chi connectivity index (χ2v) is 1.81. The molecule has 0 aliphatic rings. The van der Waals surface area contributed by atoms with Gasteiger partial charge in [-0.05, 0) is 19.1 Å². The second-order valence-electron chi connectivity index (χ2n) is 1.81.